The first-order chi connectivity index (χ1) is 8.17. The molecule has 0 aromatic carbocycles. The van der Waals surface area contributed by atoms with Crippen molar-refractivity contribution < 1.29 is 9.53 Å². The number of hydrogen-bond acceptors (Lipinski definition) is 5. The second-order valence-electron chi connectivity index (χ2n) is 4.16. The third-order valence-corrected chi connectivity index (χ3v) is 3.10. The fourth-order valence-corrected chi connectivity index (χ4v) is 1.80. The number of nitrogens with two attached hydrogens (primary N) is 1. The van der Waals surface area contributed by atoms with Gasteiger partial charge in [0.1, 0.15) is 6.61 Å². The molecule has 6 heteroatoms. The van der Waals surface area contributed by atoms with Gasteiger partial charge >= 0.3 is 6.09 Å². The van der Waals surface area contributed by atoms with Crippen LogP contribution in [0, 0.1) is 0 Å². The molecule has 0 bridgehead atoms. The predicted molar refractivity (Wildman–Crippen MR) is 66.5 cm³/mol. The Morgan fingerprint density at radius 1 is 1.24 bits per heavy atom. The van der Waals surface area contributed by atoms with E-state index in [1.165, 1.54) is 0 Å². The van der Waals surface area contributed by atoms with Crippen LogP contribution in [0.2, 0.25) is 0 Å². The molecule has 0 saturated carbocycles. The van der Waals surface area contributed by atoms with Gasteiger partial charge in [-0.1, -0.05) is 13.8 Å². The zero-order valence-electron chi connectivity index (χ0n) is 10.9. The molecule has 1 aliphatic heterocycles. The van der Waals surface area contributed by atoms with Gasteiger partial charge in [0.2, 0.25) is 0 Å². The first-order valence-electron chi connectivity index (χ1n) is 6.31. The maximum atomic E-state index is 11.7. The van der Waals surface area contributed by atoms with E-state index >= 15 is 0 Å². The van der Waals surface area contributed by atoms with E-state index in [1.54, 1.807) is 9.91 Å². The molecule has 0 spiro atoms. The zero-order chi connectivity index (χ0) is 12.7. The maximum Gasteiger partial charge on any atom is 0.409 e. The molecule has 1 fully saturated rings. The minimum atomic E-state index is -0.217. The Morgan fingerprint density at radius 2 is 1.82 bits per heavy atom. The minimum Gasteiger partial charge on any atom is -0.448 e. The Balaban J connectivity index is 2.16. The van der Waals surface area contributed by atoms with Gasteiger partial charge in [-0.3, -0.25) is 5.84 Å². The van der Waals surface area contributed by atoms with Crippen molar-refractivity contribution in [3.05, 3.63) is 0 Å². The average molecular weight is 244 g/mol. The van der Waals surface area contributed by atoms with Gasteiger partial charge in [0.15, 0.2) is 0 Å². The van der Waals surface area contributed by atoms with Gasteiger partial charge in [0, 0.05) is 32.7 Å². The summed E-state index contributed by atoms with van der Waals surface area (Å²) in [4.78, 5) is 15.6. The van der Waals surface area contributed by atoms with Crippen molar-refractivity contribution in [2.45, 2.75) is 13.8 Å². The number of hydrogen-bond donors (Lipinski definition) is 1. The van der Waals surface area contributed by atoms with Gasteiger partial charge < -0.3 is 14.5 Å². The molecule has 1 heterocycles. The summed E-state index contributed by atoms with van der Waals surface area (Å²) >= 11 is 0. The van der Waals surface area contributed by atoms with Crippen LogP contribution in [-0.2, 0) is 4.74 Å². The van der Waals surface area contributed by atoms with Crippen LogP contribution in [0.5, 0.6) is 0 Å². The highest BCUT2D eigenvalue weighted by atomic mass is 16.6. The SMILES string of the molecule is CCN(CC)CCOC(=O)N1CCN(N)CC1. The van der Waals surface area contributed by atoms with E-state index in [1.807, 2.05) is 0 Å². The standard InChI is InChI=1S/C11H24N4O2/c1-3-13(4-2)9-10-17-11(16)14-5-7-15(12)8-6-14/h3-10,12H2,1-2H3. The molecule has 17 heavy (non-hydrogen) atoms. The van der Waals surface area contributed by atoms with Crippen molar-refractivity contribution in [2.75, 3.05) is 52.4 Å². The van der Waals surface area contributed by atoms with E-state index in [0.29, 0.717) is 32.8 Å². The molecule has 0 atom stereocenters. The van der Waals surface area contributed by atoms with Crippen LogP contribution in [-0.4, -0.2) is 73.3 Å². The first kappa shape index (κ1) is 14.2. The average Bonchev–Trinajstić information content (AvgIpc) is 2.35. The van der Waals surface area contributed by atoms with Crippen LogP contribution in [0.15, 0.2) is 0 Å². The molecule has 6 nitrogen and oxygen atoms in total. The number of likely N-dealkylation sites (N-methyl/N-ethyl adjacent to an activating group) is 1. The van der Waals surface area contributed by atoms with Crippen LogP contribution in [0.25, 0.3) is 0 Å². The van der Waals surface area contributed by atoms with Crippen LogP contribution >= 0.6 is 0 Å². The molecule has 0 aromatic rings. The molecule has 1 amide bonds. The summed E-state index contributed by atoms with van der Waals surface area (Å²) in [7, 11) is 0. The topological polar surface area (TPSA) is 62.0 Å². The number of rotatable bonds is 5. The Hall–Kier alpha value is -0.850. The lowest BCUT2D eigenvalue weighted by Crippen LogP contribution is -2.51. The lowest BCUT2D eigenvalue weighted by Gasteiger charge is -2.31. The normalized spacial score (nSPS) is 17.5. The fraction of sp³-hybridized carbons (Fsp3) is 0.909. The molecule has 1 aliphatic rings. The number of carbonyl (C=O) groups excluding carboxylic acids is 1. The van der Waals surface area contributed by atoms with Gasteiger partial charge in [-0.05, 0) is 13.1 Å². The smallest absolute Gasteiger partial charge is 0.409 e. The van der Waals surface area contributed by atoms with E-state index in [0.717, 1.165) is 19.6 Å². The van der Waals surface area contributed by atoms with Crippen molar-refractivity contribution >= 4 is 6.09 Å². The number of piperazine rings is 1. The highest BCUT2D eigenvalue weighted by molar-refractivity contribution is 5.67. The van der Waals surface area contributed by atoms with E-state index < -0.39 is 0 Å². The second kappa shape index (κ2) is 7.47. The molecule has 2 N–H and O–H groups in total. The van der Waals surface area contributed by atoms with Crippen LogP contribution < -0.4 is 5.84 Å². The van der Waals surface area contributed by atoms with Crippen molar-refractivity contribution in [3.8, 4) is 0 Å². The van der Waals surface area contributed by atoms with Gasteiger partial charge in [-0.15, -0.1) is 0 Å². The number of amides is 1. The number of nitrogens with zero attached hydrogens (tertiary/aromatic N) is 3. The minimum absolute atomic E-state index is 0.217. The summed E-state index contributed by atoms with van der Waals surface area (Å²) in [5.74, 6) is 5.62. The van der Waals surface area contributed by atoms with Crippen molar-refractivity contribution in [1.82, 2.24) is 14.8 Å². The zero-order valence-corrected chi connectivity index (χ0v) is 10.9. The van der Waals surface area contributed by atoms with E-state index in [9.17, 15) is 4.79 Å². The largest absolute Gasteiger partial charge is 0.448 e. The summed E-state index contributed by atoms with van der Waals surface area (Å²) < 4.78 is 5.24. The van der Waals surface area contributed by atoms with Gasteiger partial charge in [-0.2, -0.15) is 0 Å². The van der Waals surface area contributed by atoms with Gasteiger partial charge in [0.05, 0.1) is 0 Å². The van der Waals surface area contributed by atoms with Crippen LogP contribution in [0.3, 0.4) is 0 Å². The van der Waals surface area contributed by atoms with Crippen molar-refractivity contribution in [1.29, 1.82) is 0 Å². The van der Waals surface area contributed by atoms with Crippen LogP contribution in [0.1, 0.15) is 13.8 Å². The molecule has 0 aliphatic carbocycles. The third-order valence-electron chi connectivity index (χ3n) is 3.10. The highest BCUT2D eigenvalue weighted by Gasteiger charge is 2.20. The molecular formula is C11H24N4O2. The first-order valence-corrected chi connectivity index (χ1v) is 6.31. The number of hydrazine groups is 1. The summed E-state index contributed by atoms with van der Waals surface area (Å²) in [6.07, 6.45) is -0.217. The third kappa shape index (κ3) is 4.89. The summed E-state index contributed by atoms with van der Waals surface area (Å²) in [5, 5.41) is 1.72. The monoisotopic (exact) mass is 244 g/mol. The lowest BCUT2D eigenvalue weighted by molar-refractivity contribution is 0.0697. The van der Waals surface area contributed by atoms with E-state index in [2.05, 4.69) is 18.7 Å². The number of carbonyl (C=O) groups is 1. The number of ether oxygens (including phenoxy) is 1. The predicted octanol–water partition coefficient (Wildman–Crippen LogP) is -0.0439. The Labute approximate surface area is 103 Å². The molecule has 100 valence electrons. The molecule has 1 rings (SSSR count). The highest BCUT2D eigenvalue weighted by Crippen LogP contribution is 2.00. The quantitative estimate of drug-likeness (QED) is 0.687. The second-order valence-corrected chi connectivity index (χ2v) is 4.16. The lowest BCUT2D eigenvalue weighted by atomic mass is 10.4. The van der Waals surface area contributed by atoms with E-state index in [4.69, 9.17) is 10.6 Å². The van der Waals surface area contributed by atoms with Crippen molar-refractivity contribution in [3.63, 3.8) is 0 Å². The molecule has 1 saturated heterocycles. The molecule has 0 radical (unpaired) electrons. The van der Waals surface area contributed by atoms with Crippen molar-refractivity contribution in [2.24, 2.45) is 5.84 Å². The summed E-state index contributed by atoms with van der Waals surface area (Å²) in [6, 6.07) is 0. The van der Waals surface area contributed by atoms with Gasteiger partial charge in [-0.25, -0.2) is 9.80 Å². The van der Waals surface area contributed by atoms with Crippen LogP contribution in [0.4, 0.5) is 4.79 Å². The fourth-order valence-electron chi connectivity index (χ4n) is 1.80. The molecule has 0 aromatic heterocycles. The van der Waals surface area contributed by atoms with Gasteiger partial charge in [0.25, 0.3) is 0 Å². The van der Waals surface area contributed by atoms with E-state index in [-0.39, 0.29) is 6.09 Å². The molecule has 0 unspecified atom stereocenters. The Bertz CT molecular complexity index is 226. The molecular weight excluding hydrogens is 220 g/mol. The summed E-state index contributed by atoms with van der Waals surface area (Å²) in [5.41, 5.74) is 0. The Morgan fingerprint density at radius 3 is 2.35 bits per heavy atom. The maximum absolute atomic E-state index is 11.7. The summed E-state index contributed by atoms with van der Waals surface area (Å²) in [6.45, 7) is 10.2. The Kier molecular flexibility index (Phi) is 6.25.